The Morgan fingerprint density at radius 2 is 1.85 bits per heavy atom. The third-order valence-corrected chi connectivity index (χ3v) is 4.95. The lowest BCUT2D eigenvalue weighted by molar-refractivity contribution is -0.123. The van der Waals surface area contributed by atoms with E-state index in [9.17, 15) is 9.59 Å². The van der Waals surface area contributed by atoms with E-state index in [1.807, 2.05) is 58.0 Å². The van der Waals surface area contributed by atoms with Crippen LogP contribution in [0, 0.1) is 12.3 Å². The molecule has 0 saturated carbocycles. The first kappa shape index (κ1) is 20.1. The van der Waals surface area contributed by atoms with Crippen LogP contribution in [0.2, 0.25) is 0 Å². The number of ether oxygens (including phenoxy) is 1. The predicted molar refractivity (Wildman–Crippen MR) is 105 cm³/mol. The molecule has 6 heteroatoms. The molecule has 1 aromatic carbocycles. The smallest absolute Gasteiger partial charge is 0.261 e. The van der Waals surface area contributed by atoms with E-state index in [-0.39, 0.29) is 11.8 Å². The van der Waals surface area contributed by atoms with Gasteiger partial charge in [0.15, 0.2) is 0 Å². The van der Waals surface area contributed by atoms with Crippen molar-refractivity contribution in [2.24, 2.45) is 5.41 Å². The molecule has 0 atom stereocenters. The van der Waals surface area contributed by atoms with Crippen molar-refractivity contribution >= 4 is 28.2 Å². The van der Waals surface area contributed by atoms with Crippen LogP contribution in [-0.2, 0) is 22.7 Å². The van der Waals surface area contributed by atoms with E-state index in [0.717, 1.165) is 16.7 Å². The molecule has 26 heavy (non-hydrogen) atoms. The first-order chi connectivity index (χ1) is 12.2. The van der Waals surface area contributed by atoms with Gasteiger partial charge in [-0.15, -0.1) is 11.3 Å². The number of rotatable bonds is 6. The Morgan fingerprint density at radius 3 is 2.50 bits per heavy atom. The number of amides is 2. The average molecular weight is 375 g/mol. The van der Waals surface area contributed by atoms with E-state index in [2.05, 4.69) is 10.6 Å². The van der Waals surface area contributed by atoms with Crippen molar-refractivity contribution in [1.82, 2.24) is 5.32 Å². The Balaban J connectivity index is 2.01. The molecule has 2 N–H and O–H groups in total. The van der Waals surface area contributed by atoms with Crippen LogP contribution in [0.15, 0.2) is 30.3 Å². The number of thiophene rings is 1. The van der Waals surface area contributed by atoms with Gasteiger partial charge in [0.1, 0.15) is 0 Å². The van der Waals surface area contributed by atoms with Crippen molar-refractivity contribution in [3.05, 3.63) is 51.9 Å². The van der Waals surface area contributed by atoms with E-state index >= 15 is 0 Å². The second-order valence-corrected chi connectivity index (χ2v) is 8.31. The molecular weight excluding hydrogens is 348 g/mol. The number of methoxy groups -OCH3 is 1. The monoisotopic (exact) mass is 374 g/mol. The van der Waals surface area contributed by atoms with E-state index in [1.54, 1.807) is 7.11 Å². The molecule has 0 fully saturated rings. The summed E-state index contributed by atoms with van der Waals surface area (Å²) < 4.78 is 5.13. The fourth-order valence-electron chi connectivity index (χ4n) is 2.33. The topological polar surface area (TPSA) is 67.4 Å². The predicted octanol–water partition coefficient (Wildman–Crippen LogP) is 4.12. The molecule has 1 aromatic heterocycles. The van der Waals surface area contributed by atoms with Crippen LogP contribution in [0.4, 0.5) is 5.00 Å². The van der Waals surface area contributed by atoms with Gasteiger partial charge in [-0.1, -0.05) is 45.0 Å². The van der Waals surface area contributed by atoms with E-state index in [1.165, 1.54) is 11.3 Å². The van der Waals surface area contributed by atoms with Crippen molar-refractivity contribution in [2.75, 3.05) is 12.4 Å². The Kier molecular flexibility index (Phi) is 6.56. The van der Waals surface area contributed by atoms with E-state index in [4.69, 9.17) is 4.74 Å². The van der Waals surface area contributed by atoms with Gasteiger partial charge in [0, 0.05) is 19.1 Å². The van der Waals surface area contributed by atoms with Gasteiger partial charge in [0.05, 0.1) is 16.5 Å². The zero-order chi connectivity index (χ0) is 19.3. The summed E-state index contributed by atoms with van der Waals surface area (Å²) in [6.45, 7) is 8.42. The van der Waals surface area contributed by atoms with Crippen molar-refractivity contribution in [3.8, 4) is 0 Å². The van der Waals surface area contributed by atoms with Crippen LogP contribution in [0.3, 0.4) is 0 Å². The van der Waals surface area contributed by atoms with Gasteiger partial charge in [-0.2, -0.15) is 0 Å². The molecular formula is C20H26N2O3S. The molecule has 140 valence electrons. The maximum atomic E-state index is 12.5. The third kappa shape index (κ3) is 5.41. The lowest BCUT2D eigenvalue weighted by Gasteiger charge is -2.16. The van der Waals surface area contributed by atoms with Crippen LogP contribution < -0.4 is 10.6 Å². The van der Waals surface area contributed by atoms with Gasteiger partial charge in [0.2, 0.25) is 5.91 Å². The Hall–Kier alpha value is -2.18. The highest BCUT2D eigenvalue weighted by molar-refractivity contribution is 7.18. The number of aryl methyl sites for hydroxylation is 1. The maximum absolute atomic E-state index is 12.5. The number of anilines is 1. The van der Waals surface area contributed by atoms with Crippen LogP contribution in [0.1, 0.15) is 47.1 Å². The number of carbonyl (C=O) groups is 2. The van der Waals surface area contributed by atoms with Crippen molar-refractivity contribution in [2.45, 2.75) is 40.8 Å². The van der Waals surface area contributed by atoms with E-state index < -0.39 is 5.41 Å². The minimum absolute atomic E-state index is 0.0688. The minimum atomic E-state index is -0.479. The maximum Gasteiger partial charge on any atom is 0.261 e. The molecule has 5 nitrogen and oxygen atoms in total. The summed E-state index contributed by atoms with van der Waals surface area (Å²) in [4.78, 5) is 25.2. The third-order valence-electron chi connectivity index (χ3n) is 3.80. The van der Waals surface area contributed by atoms with Gasteiger partial charge >= 0.3 is 0 Å². The lowest BCUT2D eigenvalue weighted by atomic mass is 9.96. The van der Waals surface area contributed by atoms with Crippen LogP contribution >= 0.6 is 11.3 Å². The van der Waals surface area contributed by atoms with Gasteiger partial charge in [-0.05, 0) is 29.7 Å². The standard InChI is InChI=1S/C20H26N2O3S/c1-13-9-16(22-19(24)20(2,3)4)26-17(13)18(23)21-11-14-7-6-8-15(10-14)12-25-5/h6-10H,11-12H2,1-5H3,(H,21,23)(H,22,24). The lowest BCUT2D eigenvalue weighted by Crippen LogP contribution is -2.27. The average Bonchev–Trinajstić information content (AvgIpc) is 2.93. The summed E-state index contributed by atoms with van der Waals surface area (Å²) in [5, 5.41) is 6.51. The highest BCUT2D eigenvalue weighted by Crippen LogP contribution is 2.28. The molecule has 0 aliphatic heterocycles. The molecule has 0 aliphatic carbocycles. The second-order valence-electron chi connectivity index (χ2n) is 7.26. The fraction of sp³-hybridized carbons (Fsp3) is 0.400. The highest BCUT2D eigenvalue weighted by Gasteiger charge is 2.23. The number of benzene rings is 1. The second kappa shape index (κ2) is 8.47. The molecule has 1 heterocycles. The Morgan fingerprint density at radius 1 is 1.15 bits per heavy atom. The molecule has 0 radical (unpaired) electrons. The first-order valence-corrected chi connectivity index (χ1v) is 9.29. The number of nitrogens with one attached hydrogen (secondary N) is 2. The Bertz CT molecular complexity index is 791. The fourth-order valence-corrected chi connectivity index (χ4v) is 3.31. The van der Waals surface area contributed by atoms with Crippen LogP contribution in [0.5, 0.6) is 0 Å². The molecule has 2 rings (SSSR count). The summed E-state index contributed by atoms with van der Waals surface area (Å²) in [7, 11) is 1.66. The first-order valence-electron chi connectivity index (χ1n) is 8.47. The molecule has 0 bridgehead atoms. The molecule has 0 spiro atoms. The molecule has 2 amide bonds. The summed E-state index contributed by atoms with van der Waals surface area (Å²) in [5.74, 6) is -0.207. The van der Waals surface area contributed by atoms with Crippen LogP contribution in [0.25, 0.3) is 0 Å². The normalized spacial score (nSPS) is 11.3. The van der Waals surface area contributed by atoms with Gasteiger partial charge in [-0.25, -0.2) is 0 Å². The highest BCUT2D eigenvalue weighted by atomic mass is 32.1. The summed E-state index contributed by atoms with van der Waals surface area (Å²) in [6, 6.07) is 9.76. The van der Waals surface area contributed by atoms with Crippen molar-refractivity contribution in [1.29, 1.82) is 0 Å². The number of carbonyl (C=O) groups excluding carboxylic acids is 2. The van der Waals surface area contributed by atoms with Gasteiger partial charge < -0.3 is 15.4 Å². The molecule has 2 aromatic rings. The molecule has 0 saturated heterocycles. The zero-order valence-electron chi connectivity index (χ0n) is 15.9. The van der Waals surface area contributed by atoms with E-state index in [0.29, 0.717) is 23.0 Å². The number of hydrogen-bond donors (Lipinski definition) is 2. The Labute approximate surface area is 158 Å². The summed E-state index contributed by atoms with van der Waals surface area (Å²) in [6.07, 6.45) is 0. The molecule has 0 aliphatic rings. The van der Waals surface area contributed by atoms with Crippen molar-refractivity contribution < 1.29 is 14.3 Å². The zero-order valence-corrected chi connectivity index (χ0v) is 16.8. The quantitative estimate of drug-likeness (QED) is 0.799. The van der Waals surface area contributed by atoms with Crippen LogP contribution in [-0.4, -0.2) is 18.9 Å². The number of hydrogen-bond acceptors (Lipinski definition) is 4. The van der Waals surface area contributed by atoms with Gasteiger partial charge in [-0.3, -0.25) is 9.59 Å². The summed E-state index contributed by atoms with van der Waals surface area (Å²) >= 11 is 1.29. The SMILES string of the molecule is COCc1cccc(CNC(=O)c2sc(NC(=O)C(C)(C)C)cc2C)c1. The van der Waals surface area contributed by atoms with Crippen molar-refractivity contribution in [3.63, 3.8) is 0 Å². The molecule has 0 unspecified atom stereocenters. The van der Waals surface area contributed by atoms with Gasteiger partial charge in [0.25, 0.3) is 5.91 Å². The largest absolute Gasteiger partial charge is 0.380 e. The summed E-state index contributed by atoms with van der Waals surface area (Å²) in [5.41, 5.74) is 2.46. The minimum Gasteiger partial charge on any atom is -0.380 e.